The quantitative estimate of drug-likeness (QED) is 0.560. The van der Waals surface area contributed by atoms with Crippen molar-refractivity contribution in [1.82, 2.24) is 9.97 Å². The van der Waals surface area contributed by atoms with Crippen molar-refractivity contribution >= 4 is 39.0 Å². The average Bonchev–Trinajstić information content (AvgIpc) is 2.99. The number of nitrogens with two attached hydrogens (primary N) is 1. The highest BCUT2D eigenvalue weighted by Crippen LogP contribution is 2.30. The molecule has 3 rings (SSSR count). The maximum atomic E-state index is 6.32. The second-order valence-corrected chi connectivity index (χ2v) is 7.49. The Kier molecular flexibility index (Phi) is 4.24. The molecule has 0 unspecified atom stereocenters. The number of hydrogen-bond acceptors (Lipinski definition) is 4. The standard InChI is InChI=1S/C18H21N5S/c1-12-5-6-13-11-14(7-8-15(13)21-12)23(17-20-9-10-24-17)16(19)22-18(2,3)4/h5-11H,1-4H3,(H2,19,22). The fourth-order valence-corrected chi connectivity index (χ4v) is 3.08. The maximum absolute atomic E-state index is 6.32. The summed E-state index contributed by atoms with van der Waals surface area (Å²) in [6.07, 6.45) is 1.77. The Bertz CT molecular complexity index is 878. The average molecular weight is 339 g/mol. The Morgan fingerprint density at radius 2 is 2.00 bits per heavy atom. The van der Waals surface area contributed by atoms with Crippen molar-refractivity contribution in [2.24, 2.45) is 10.7 Å². The smallest absolute Gasteiger partial charge is 0.202 e. The molecule has 0 saturated heterocycles. The number of benzene rings is 1. The van der Waals surface area contributed by atoms with Gasteiger partial charge >= 0.3 is 0 Å². The van der Waals surface area contributed by atoms with Crippen LogP contribution >= 0.6 is 11.3 Å². The topological polar surface area (TPSA) is 67.4 Å². The minimum Gasteiger partial charge on any atom is -0.369 e. The Balaban J connectivity index is 2.12. The van der Waals surface area contributed by atoms with Gasteiger partial charge in [-0.3, -0.25) is 9.88 Å². The Labute approximate surface area is 145 Å². The molecule has 2 heterocycles. The van der Waals surface area contributed by atoms with Crippen LogP contribution in [-0.4, -0.2) is 21.5 Å². The number of hydrogen-bond donors (Lipinski definition) is 1. The van der Waals surface area contributed by atoms with Crippen molar-refractivity contribution in [2.45, 2.75) is 33.2 Å². The van der Waals surface area contributed by atoms with Crippen molar-refractivity contribution < 1.29 is 0 Å². The monoisotopic (exact) mass is 339 g/mol. The van der Waals surface area contributed by atoms with E-state index in [1.807, 2.05) is 56.2 Å². The molecule has 0 aliphatic carbocycles. The van der Waals surface area contributed by atoms with Crippen molar-refractivity contribution in [3.63, 3.8) is 0 Å². The number of anilines is 2. The van der Waals surface area contributed by atoms with E-state index in [1.54, 1.807) is 6.20 Å². The summed E-state index contributed by atoms with van der Waals surface area (Å²) in [5.74, 6) is 0.428. The number of guanidine groups is 1. The second-order valence-electron chi connectivity index (χ2n) is 6.62. The van der Waals surface area contributed by atoms with Gasteiger partial charge in [-0.2, -0.15) is 0 Å². The minimum absolute atomic E-state index is 0.269. The molecule has 0 saturated carbocycles. The molecular weight excluding hydrogens is 318 g/mol. The van der Waals surface area contributed by atoms with E-state index in [1.165, 1.54) is 11.3 Å². The van der Waals surface area contributed by atoms with Crippen LogP contribution in [0.15, 0.2) is 46.9 Å². The molecule has 1 aromatic carbocycles. The lowest BCUT2D eigenvalue weighted by atomic mass is 10.1. The van der Waals surface area contributed by atoms with Crippen LogP contribution in [-0.2, 0) is 0 Å². The molecule has 6 heteroatoms. The van der Waals surface area contributed by atoms with Gasteiger partial charge in [0.1, 0.15) is 0 Å². The van der Waals surface area contributed by atoms with Crippen LogP contribution in [0.4, 0.5) is 10.8 Å². The predicted octanol–water partition coefficient (Wildman–Crippen LogP) is 4.25. The summed E-state index contributed by atoms with van der Waals surface area (Å²) in [7, 11) is 0. The molecule has 0 aliphatic heterocycles. The van der Waals surface area contributed by atoms with Crippen molar-refractivity contribution in [3.05, 3.63) is 47.6 Å². The molecule has 124 valence electrons. The van der Waals surface area contributed by atoms with E-state index in [9.17, 15) is 0 Å². The summed E-state index contributed by atoms with van der Waals surface area (Å²) in [6, 6.07) is 10.1. The first kappa shape index (κ1) is 16.4. The Morgan fingerprint density at radius 3 is 2.67 bits per heavy atom. The first-order valence-corrected chi connectivity index (χ1v) is 8.64. The third-order valence-corrected chi connectivity index (χ3v) is 4.12. The minimum atomic E-state index is -0.269. The van der Waals surface area contributed by atoms with Gasteiger partial charge in [-0.05, 0) is 52.0 Å². The van der Waals surface area contributed by atoms with E-state index in [2.05, 4.69) is 27.1 Å². The van der Waals surface area contributed by atoms with Crippen LogP contribution < -0.4 is 10.6 Å². The Morgan fingerprint density at radius 1 is 1.21 bits per heavy atom. The molecule has 2 N–H and O–H groups in total. The highest BCUT2D eigenvalue weighted by atomic mass is 32.1. The van der Waals surface area contributed by atoms with Crippen LogP contribution in [0.2, 0.25) is 0 Å². The van der Waals surface area contributed by atoms with E-state index in [0.29, 0.717) is 5.96 Å². The highest BCUT2D eigenvalue weighted by molar-refractivity contribution is 7.13. The molecule has 0 radical (unpaired) electrons. The van der Waals surface area contributed by atoms with Gasteiger partial charge in [0.15, 0.2) is 5.13 Å². The van der Waals surface area contributed by atoms with Gasteiger partial charge in [0.25, 0.3) is 0 Å². The number of thiazole rings is 1. The predicted molar refractivity (Wildman–Crippen MR) is 102 cm³/mol. The molecule has 0 atom stereocenters. The van der Waals surface area contributed by atoms with Gasteiger partial charge in [0, 0.05) is 22.7 Å². The summed E-state index contributed by atoms with van der Waals surface area (Å²) < 4.78 is 0. The van der Waals surface area contributed by atoms with E-state index < -0.39 is 0 Å². The summed E-state index contributed by atoms with van der Waals surface area (Å²) in [6.45, 7) is 8.05. The van der Waals surface area contributed by atoms with Gasteiger partial charge in [-0.25, -0.2) is 9.98 Å². The first-order valence-electron chi connectivity index (χ1n) is 7.76. The fraction of sp³-hybridized carbons (Fsp3) is 0.278. The van der Waals surface area contributed by atoms with E-state index in [-0.39, 0.29) is 5.54 Å². The van der Waals surface area contributed by atoms with Gasteiger partial charge in [-0.1, -0.05) is 6.07 Å². The first-order chi connectivity index (χ1) is 11.3. The SMILES string of the molecule is Cc1ccc2cc(N(C(N)=NC(C)(C)C)c3nccs3)ccc2n1. The van der Waals surface area contributed by atoms with E-state index in [4.69, 9.17) is 5.73 Å². The molecule has 5 nitrogen and oxygen atoms in total. The van der Waals surface area contributed by atoms with Gasteiger partial charge < -0.3 is 5.73 Å². The zero-order valence-corrected chi connectivity index (χ0v) is 15.1. The largest absolute Gasteiger partial charge is 0.369 e. The lowest BCUT2D eigenvalue weighted by Gasteiger charge is -2.24. The van der Waals surface area contributed by atoms with Gasteiger partial charge in [0.05, 0.1) is 16.7 Å². The molecule has 2 aromatic heterocycles. The van der Waals surface area contributed by atoms with Crippen LogP contribution in [0.25, 0.3) is 10.9 Å². The summed E-state index contributed by atoms with van der Waals surface area (Å²) in [5.41, 5.74) is 8.94. The highest BCUT2D eigenvalue weighted by Gasteiger charge is 2.19. The normalized spacial score (nSPS) is 12.6. The lowest BCUT2D eigenvalue weighted by molar-refractivity contribution is 0.582. The number of rotatable bonds is 2. The number of aliphatic imine (C=N–C) groups is 1. The van der Waals surface area contributed by atoms with Gasteiger partial charge in [-0.15, -0.1) is 11.3 Å². The van der Waals surface area contributed by atoms with Crippen molar-refractivity contribution in [1.29, 1.82) is 0 Å². The zero-order chi connectivity index (χ0) is 17.3. The third-order valence-electron chi connectivity index (χ3n) is 3.36. The number of aromatic nitrogens is 2. The number of aryl methyl sites for hydroxylation is 1. The summed E-state index contributed by atoms with van der Waals surface area (Å²) >= 11 is 1.53. The number of pyridine rings is 1. The van der Waals surface area contributed by atoms with Crippen molar-refractivity contribution in [2.75, 3.05) is 4.90 Å². The number of fused-ring (bicyclic) bond motifs is 1. The van der Waals surface area contributed by atoms with E-state index >= 15 is 0 Å². The van der Waals surface area contributed by atoms with Crippen LogP contribution in [0.3, 0.4) is 0 Å². The Hall–Kier alpha value is -2.47. The molecule has 0 fully saturated rings. The molecule has 0 bridgehead atoms. The van der Waals surface area contributed by atoms with Gasteiger partial charge in [0.2, 0.25) is 5.96 Å². The zero-order valence-electron chi connectivity index (χ0n) is 14.3. The second kappa shape index (κ2) is 6.20. The molecule has 0 aliphatic rings. The van der Waals surface area contributed by atoms with Crippen LogP contribution in [0.5, 0.6) is 0 Å². The molecular formula is C18H21N5S. The number of nitrogens with zero attached hydrogens (tertiary/aromatic N) is 4. The maximum Gasteiger partial charge on any atom is 0.202 e. The molecule has 24 heavy (non-hydrogen) atoms. The van der Waals surface area contributed by atoms with Crippen LogP contribution in [0.1, 0.15) is 26.5 Å². The summed E-state index contributed by atoms with van der Waals surface area (Å²) in [4.78, 5) is 15.4. The molecule has 0 spiro atoms. The fourth-order valence-electron chi connectivity index (χ4n) is 2.41. The lowest BCUT2D eigenvalue weighted by Crippen LogP contribution is -2.36. The van der Waals surface area contributed by atoms with Crippen molar-refractivity contribution in [3.8, 4) is 0 Å². The summed E-state index contributed by atoms with van der Waals surface area (Å²) in [5, 5.41) is 3.78. The third kappa shape index (κ3) is 3.54. The van der Waals surface area contributed by atoms with Crippen LogP contribution in [0, 0.1) is 6.92 Å². The van der Waals surface area contributed by atoms with E-state index in [0.717, 1.165) is 27.4 Å². The molecule has 3 aromatic rings. The molecule has 0 amide bonds.